The predicted octanol–water partition coefficient (Wildman–Crippen LogP) is 1.20. The van der Waals surface area contributed by atoms with Crippen molar-refractivity contribution in [2.75, 3.05) is 26.8 Å². The molecule has 1 saturated heterocycles. The van der Waals surface area contributed by atoms with Gasteiger partial charge in [-0.2, -0.15) is 0 Å². The van der Waals surface area contributed by atoms with E-state index < -0.39 is 0 Å². The highest BCUT2D eigenvalue weighted by Gasteiger charge is 2.45. The summed E-state index contributed by atoms with van der Waals surface area (Å²) in [5.41, 5.74) is -0.345. The lowest BCUT2D eigenvalue weighted by atomic mass is 9.76. The van der Waals surface area contributed by atoms with E-state index in [1.54, 1.807) is 7.11 Å². The quantitative estimate of drug-likeness (QED) is 0.720. The summed E-state index contributed by atoms with van der Waals surface area (Å²) in [5.74, 6) is 0.210. The Morgan fingerprint density at radius 2 is 2.12 bits per heavy atom. The van der Waals surface area contributed by atoms with Crippen molar-refractivity contribution in [3.05, 3.63) is 0 Å². The molecule has 0 aromatic rings. The molecule has 94 valence electrons. The molecule has 2 unspecified atom stereocenters. The Morgan fingerprint density at radius 1 is 1.44 bits per heavy atom. The lowest BCUT2D eigenvalue weighted by Crippen LogP contribution is -2.41. The average molecular weight is 229 g/mol. The van der Waals surface area contributed by atoms with E-state index in [9.17, 15) is 4.79 Å². The molecule has 0 spiro atoms. The van der Waals surface area contributed by atoms with Crippen LogP contribution < -0.4 is 5.32 Å². The zero-order valence-electron chi connectivity index (χ0n) is 10.7. The maximum Gasteiger partial charge on any atom is 0.314 e. The Balaban J connectivity index is 2.62. The van der Waals surface area contributed by atoms with Gasteiger partial charge in [0.15, 0.2) is 0 Å². The van der Waals surface area contributed by atoms with Crippen molar-refractivity contribution < 1.29 is 14.3 Å². The number of methoxy groups -OCH3 is 1. The molecule has 0 aromatic heterocycles. The number of rotatable bonds is 5. The van der Waals surface area contributed by atoms with E-state index in [2.05, 4.69) is 19.2 Å². The summed E-state index contributed by atoms with van der Waals surface area (Å²) in [6.07, 6.45) is 0.692. The summed E-state index contributed by atoms with van der Waals surface area (Å²) in [7, 11) is 1.61. The highest BCUT2D eigenvalue weighted by molar-refractivity contribution is 5.78. The minimum Gasteiger partial charge on any atom is -0.460 e. The van der Waals surface area contributed by atoms with Crippen LogP contribution >= 0.6 is 0 Å². The maximum absolute atomic E-state index is 12.2. The second-order valence-electron chi connectivity index (χ2n) is 4.91. The molecule has 4 heteroatoms. The summed E-state index contributed by atoms with van der Waals surface area (Å²) < 4.78 is 10.4. The zero-order chi connectivity index (χ0) is 12.2. The highest BCUT2D eigenvalue weighted by atomic mass is 16.6. The Morgan fingerprint density at radius 3 is 2.56 bits per heavy atom. The standard InChI is InChI=1S/C12H23NO3/c1-9(2)12(5-6-13-8-12)11(14)16-10(3)7-15-4/h9-10,13H,5-8H2,1-4H3. The van der Waals surface area contributed by atoms with Crippen LogP contribution in [0, 0.1) is 11.3 Å². The van der Waals surface area contributed by atoms with Crippen LogP contribution in [0.15, 0.2) is 0 Å². The molecule has 0 aromatic carbocycles. The van der Waals surface area contributed by atoms with Gasteiger partial charge in [0.1, 0.15) is 6.10 Å². The van der Waals surface area contributed by atoms with Crippen molar-refractivity contribution in [3.63, 3.8) is 0 Å². The van der Waals surface area contributed by atoms with Gasteiger partial charge in [0.2, 0.25) is 0 Å². The van der Waals surface area contributed by atoms with Crippen LogP contribution in [-0.2, 0) is 14.3 Å². The average Bonchev–Trinajstić information content (AvgIpc) is 2.67. The second-order valence-corrected chi connectivity index (χ2v) is 4.91. The minimum atomic E-state index is -0.345. The van der Waals surface area contributed by atoms with E-state index in [1.165, 1.54) is 0 Å². The van der Waals surface area contributed by atoms with E-state index in [4.69, 9.17) is 9.47 Å². The number of carbonyl (C=O) groups is 1. The number of hydrogen-bond donors (Lipinski definition) is 1. The molecular weight excluding hydrogens is 206 g/mol. The Labute approximate surface area is 97.7 Å². The first-order valence-corrected chi connectivity index (χ1v) is 5.93. The van der Waals surface area contributed by atoms with Crippen LogP contribution in [0.4, 0.5) is 0 Å². The summed E-state index contributed by atoms with van der Waals surface area (Å²) in [5, 5.41) is 3.25. The van der Waals surface area contributed by atoms with E-state index in [0.29, 0.717) is 12.5 Å². The van der Waals surface area contributed by atoms with E-state index >= 15 is 0 Å². The number of ether oxygens (including phenoxy) is 2. The molecule has 1 aliphatic rings. The third kappa shape index (κ3) is 2.74. The summed E-state index contributed by atoms with van der Waals surface area (Å²) in [6, 6.07) is 0. The van der Waals surface area contributed by atoms with Crippen LogP contribution in [-0.4, -0.2) is 38.9 Å². The lowest BCUT2D eigenvalue weighted by molar-refractivity contribution is -0.164. The second kappa shape index (κ2) is 5.64. The molecule has 1 aliphatic heterocycles. The van der Waals surface area contributed by atoms with E-state index in [-0.39, 0.29) is 17.5 Å². The fraction of sp³-hybridized carbons (Fsp3) is 0.917. The Bertz CT molecular complexity index is 234. The molecule has 0 amide bonds. The topological polar surface area (TPSA) is 47.6 Å². The van der Waals surface area contributed by atoms with Gasteiger partial charge in [-0.15, -0.1) is 0 Å². The molecule has 1 N–H and O–H groups in total. The van der Waals surface area contributed by atoms with Gasteiger partial charge in [0.25, 0.3) is 0 Å². The van der Waals surface area contributed by atoms with Gasteiger partial charge in [-0.05, 0) is 25.8 Å². The van der Waals surface area contributed by atoms with Crippen LogP contribution in [0.25, 0.3) is 0 Å². The number of carbonyl (C=O) groups excluding carboxylic acids is 1. The van der Waals surface area contributed by atoms with Gasteiger partial charge < -0.3 is 14.8 Å². The van der Waals surface area contributed by atoms with Gasteiger partial charge in [-0.25, -0.2) is 0 Å². The monoisotopic (exact) mass is 229 g/mol. The molecule has 0 saturated carbocycles. The van der Waals surface area contributed by atoms with Gasteiger partial charge in [-0.1, -0.05) is 13.8 Å². The third-order valence-electron chi connectivity index (χ3n) is 3.41. The fourth-order valence-electron chi connectivity index (χ4n) is 2.18. The molecule has 1 heterocycles. The smallest absolute Gasteiger partial charge is 0.314 e. The van der Waals surface area contributed by atoms with Crippen LogP contribution in [0.5, 0.6) is 0 Å². The van der Waals surface area contributed by atoms with Crippen molar-refractivity contribution in [1.29, 1.82) is 0 Å². The molecule has 2 atom stereocenters. The first kappa shape index (κ1) is 13.5. The SMILES string of the molecule is COCC(C)OC(=O)C1(C(C)C)CCNC1. The van der Waals surface area contributed by atoms with Crippen molar-refractivity contribution in [1.82, 2.24) is 5.32 Å². The molecular formula is C12H23NO3. The Hall–Kier alpha value is -0.610. The van der Waals surface area contributed by atoms with Gasteiger partial charge in [0, 0.05) is 13.7 Å². The molecule has 0 radical (unpaired) electrons. The van der Waals surface area contributed by atoms with E-state index in [0.717, 1.165) is 19.5 Å². The molecule has 0 aliphatic carbocycles. The van der Waals surface area contributed by atoms with Crippen LogP contribution in [0.3, 0.4) is 0 Å². The molecule has 0 bridgehead atoms. The summed E-state index contributed by atoms with van der Waals surface area (Å²) in [6.45, 7) is 8.09. The first-order chi connectivity index (χ1) is 7.53. The van der Waals surface area contributed by atoms with Crippen molar-refractivity contribution in [2.45, 2.75) is 33.3 Å². The minimum absolute atomic E-state index is 0.0861. The van der Waals surface area contributed by atoms with Crippen molar-refractivity contribution >= 4 is 5.97 Å². The van der Waals surface area contributed by atoms with Crippen molar-refractivity contribution in [2.24, 2.45) is 11.3 Å². The summed E-state index contributed by atoms with van der Waals surface area (Å²) in [4.78, 5) is 12.2. The van der Waals surface area contributed by atoms with Gasteiger partial charge in [0.05, 0.1) is 12.0 Å². The molecule has 4 nitrogen and oxygen atoms in total. The largest absolute Gasteiger partial charge is 0.460 e. The van der Waals surface area contributed by atoms with Crippen LogP contribution in [0.2, 0.25) is 0 Å². The number of esters is 1. The van der Waals surface area contributed by atoms with E-state index in [1.807, 2.05) is 6.92 Å². The first-order valence-electron chi connectivity index (χ1n) is 5.93. The third-order valence-corrected chi connectivity index (χ3v) is 3.41. The molecule has 1 fully saturated rings. The normalized spacial score (nSPS) is 27.1. The number of hydrogen-bond acceptors (Lipinski definition) is 4. The van der Waals surface area contributed by atoms with Crippen molar-refractivity contribution in [3.8, 4) is 0 Å². The lowest BCUT2D eigenvalue weighted by Gasteiger charge is -2.31. The summed E-state index contributed by atoms with van der Waals surface area (Å²) >= 11 is 0. The maximum atomic E-state index is 12.2. The molecule has 16 heavy (non-hydrogen) atoms. The fourth-order valence-corrected chi connectivity index (χ4v) is 2.18. The zero-order valence-corrected chi connectivity index (χ0v) is 10.7. The molecule has 1 rings (SSSR count). The van der Waals surface area contributed by atoms with Gasteiger partial charge >= 0.3 is 5.97 Å². The van der Waals surface area contributed by atoms with Gasteiger partial charge in [-0.3, -0.25) is 4.79 Å². The predicted molar refractivity (Wildman–Crippen MR) is 62.2 cm³/mol. The highest BCUT2D eigenvalue weighted by Crippen LogP contribution is 2.35. The van der Waals surface area contributed by atoms with Crippen LogP contribution in [0.1, 0.15) is 27.2 Å². The number of nitrogens with one attached hydrogen (secondary N) is 1. The Kier molecular flexibility index (Phi) is 4.74.